The molecule has 1 aliphatic heterocycles. The van der Waals surface area contributed by atoms with Gasteiger partial charge in [-0.3, -0.25) is 4.79 Å². The Balaban J connectivity index is 2.86. The number of amides is 2. The minimum atomic E-state index is -1.49. The minimum absolute atomic E-state index is 0.279. The second-order valence-corrected chi connectivity index (χ2v) is 5.54. The number of hydrogen-bond donors (Lipinski definition) is 1. The quantitative estimate of drug-likeness (QED) is 0.775. The number of hydrogen-bond acceptors (Lipinski definition) is 3. The minimum Gasteiger partial charge on any atom is -0.465 e. The lowest BCUT2D eigenvalue weighted by atomic mass is 9.70. The summed E-state index contributed by atoms with van der Waals surface area (Å²) in [6.07, 6.45) is -1.40. The fraction of sp³-hybridized carbons (Fsp3) is 0.357. The second-order valence-electron chi connectivity index (χ2n) is 5.54. The summed E-state index contributed by atoms with van der Waals surface area (Å²) in [4.78, 5) is 24.4. The number of nitriles is 1. The lowest BCUT2D eigenvalue weighted by Gasteiger charge is -2.40. The Hall–Kier alpha value is -2.35. The molecule has 0 aliphatic carbocycles. The first kappa shape index (κ1) is 13.1. The molecule has 5 heteroatoms. The molecule has 0 saturated carbocycles. The number of fused-ring (bicyclic) bond motifs is 1. The predicted molar refractivity (Wildman–Crippen MR) is 67.4 cm³/mol. The summed E-state index contributed by atoms with van der Waals surface area (Å²) in [6, 6.07) is 8.62. The highest BCUT2D eigenvalue weighted by Crippen LogP contribution is 2.49. The maximum absolute atomic E-state index is 12.3. The molecule has 0 aromatic heterocycles. The molecule has 0 radical (unpaired) electrons. The molecule has 1 aromatic carbocycles. The first-order valence-electron chi connectivity index (χ1n) is 5.85. The average Bonchev–Trinajstić information content (AvgIpc) is 2.59. The monoisotopic (exact) mass is 258 g/mol. The maximum atomic E-state index is 12.3. The van der Waals surface area contributed by atoms with E-state index in [1.807, 2.05) is 0 Å². The molecule has 1 aliphatic rings. The second kappa shape index (κ2) is 3.82. The van der Waals surface area contributed by atoms with Gasteiger partial charge >= 0.3 is 6.09 Å². The average molecular weight is 258 g/mol. The Bertz CT molecular complexity index is 610. The van der Waals surface area contributed by atoms with Crippen LogP contribution in [-0.4, -0.2) is 22.0 Å². The normalized spacial score (nSPS) is 22.0. The summed E-state index contributed by atoms with van der Waals surface area (Å²) in [5.41, 5.74) is -1.49. The van der Waals surface area contributed by atoms with Crippen molar-refractivity contribution in [3.63, 3.8) is 0 Å². The zero-order valence-electron chi connectivity index (χ0n) is 11.0. The molecule has 98 valence electrons. The highest BCUT2D eigenvalue weighted by Gasteiger charge is 2.59. The van der Waals surface area contributed by atoms with Crippen LogP contribution in [-0.2, 0) is 5.54 Å². The van der Waals surface area contributed by atoms with Gasteiger partial charge in [-0.15, -0.1) is 0 Å². The van der Waals surface area contributed by atoms with Gasteiger partial charge in [-0.05, 0) is 6.07 Å². The number of benzene rings is 1. The van der Waals surface area contributed by atoms with Gasteiger partial charge in [0.1, 0.15) is 0 Å². The molecule has 0 bridgehead atoms. The van der Waals surface area contributed by atoms with Gasteiger partial charge in [-0.1, -0.05) is 39.0 Å². The molecular formula is C14H14N2O3. The van der Waals surface area contributed by atoms with E-state index in [1.165, 1.54) is 0 Å². The lowest BCUT2D eigenvalue weighted by molar-refractivity contribution is 0.0386. The Morgan fingerprint density at radius 1 is 1.37 bits per heavy atom. The zero-order chi connectivity index (χ0) is 14.4. The number of carboxylic acid groups (broad SMARTS) is 1. The van der Waals surface area contributed by atoms with Crippen molar-refractivity contribution in [1.82, 2.24) is 4.90 Å². The molecule has 1 heterocycles. The Kier molecular flexibility index (Phi) is 2.63. The summed E-state index contributed by atoms with van der Waals surface area (Å²) >= 11 is 0. The predicted octanol–water partition coefficient (Wildman–Crippen LogP) is 2.59. The van der Waals surface area contributed by atoms with E-state index in [0.717, 1.165) is 0 Å². The SMILES string of the molecule is CC(C)(C)C1(C#N)c2ccccc2C(=O)N1C(=O)O. The molecule has 0 spiro atoms. The van der Waals surface area contributed by atoms with Crippen LogP contribution in [0.15, 0.2) is 24.3 Å². The maximum Gasteiger partial charge on any atom is 0.416 e. The fourth-order valence-electron chi connectivity index (χ4n) is 2.63. The Morgan fingerprint density at radius 3 is 2.42 bits per heavy atom. The van der Waals surface area contributed by atoms with Crippen molar-refractivity contribution in [1.29, 1.82) is 5.26 Å². The molecule has 5 nitrogen and oxygen atoms in total. The topological polar surface area (TPSA) is 81.4 Å². The van der Waals surface area contributed by atoms with Crippen LogP contribution in [0, 0.1) is 16.7 Å². The van der Waals surface area contributed by atoms with E-state index in [4.69, 9.17) is 0 Å². The highest BCUT2D eigenvalue weighted by atomic mass is 16.4. The molecular weight excluding hydrogens is 244 g/mol. The van der Waals surface area contributed by atoms with Gasteiger partial charge in [-0.2, -0.15) is 5.26 Å². The largest absolute Gasteiger partial charge is 0.465 e. The van der Waals surface area contributed by atoms with Gasteiger partial charge < -0.3 is 5.11 Å². The summed E-state index contributed by atoms with van der Waals surface area (Å²) < 4.78 is 0. The third-order valence-corrected chi connectivity index (χ3v) is 3.52. The van der Waals surface area contributed by atoms with E-state index in [2.05, 4.69) is 6.07 Å². The number of carbonyl (C=O) groups excluding carboxylic acids is 1. The van der Waals surface area contributed by atoms with Gasteiger partial charge in [0.2, 0.25) is 0 Å². The molecule has 19 heavy (non-hydrogen) atoms. The molecule has 0 saturated heterocycles. The van der Waals surface area contributed by atoms with Gasteiger partial charge in [0.05, 0.1) is 6.07 Å². The van der Waals surface area contributed by atoms with Crippen LogP contribution in [0.2, 0.25) is 0 Å². The van der Waals surface area contributed by atoms with E-state index < -0.39 is 23.0 Å². The van der Waals surface area contributed by atoms with Crippen molar-refractivity contribution >= 4 is 12.0 Å². The van der Waals surface area contributed by atoms with E-state index in [1.54, 1.807) is 45.0 Å². The van der Waals surface area contributed by atoms with Crippen molar-refractivity contribution in [2.75, 3.05) is 0 Å². The molecule has 1 atom stereocenters. The van der Waals surface area contributed by atoms with E-state index in [-0.39, 0.29) is 5.56 Å². The first-order valence-corrected chi connectivity index (χ1v) is 5.85. The standard InChI is InChI=1S/C14H14N2O3/c1-13(2,3)14(8-15)10-7-5-4-6-9(10)11(17)16(14)12(18)19/h4-7H,1-3H3,(H,18,19). The van der Waals surface area contributed by atoms with Gasteiger partial charge in [-0.25, -0.2) is 9.69 Å². The van der Waals surface area contributed by atoms with E-state index >= 15 is 0 Å². The van der Waals surface area contributed by atoms with Crippen LogP contribution in [0.25, 0.3) is 0 Å². The van der Waals surface area contributed by atoms with Crippen LogP contribution in [0.3, 0.4) is 0 Å². The van der Waals surface area contributed by atoms with Crippen molar-refractivity contribution in [2.24, 2.45) is 5.41 Å². The first-order chi connectivity index (χ1) is 8.77. The summed E-state index contributed by atoms with van der Waals surface area (Å²) in [5, 5.41) is 19.0. The number of nitrogens with zero attached hydrogens (tertiary/aromatic N) is 2. The van der Waals surface area contributed by atoms with Crippen molar-refractivity contribution in [2.45, 2.75) is 26.3 Å². The molecule has 0 fully saturated rings. The molecule has 1 unspecified atom stereocenters. The molecule has 2 amide bonds. The van der Waals surface area contributed by atoms with E-state index in [0.29, 0.717) is 10.5 Å². The number of imide groups is 1. The number of carbonyl (C=O) groups is 2. The lowest BCUT2D eigenvalue weighted by Crippen LogP contribution is -2.53. The van der Waals surface area contributed by atoms with Crippen molar-refractivity contribution in [3.8, 4) is 6.07 Å². The number of rotatable bonds is 0. The third kappa shape index (κ3) is 1.46. The zero-order valence-corrected chi connectivity index (χ0v) is 11.0. The summed E-state index contributed by atoms with van der Waals surface area (Å²) in [6.45, 7) is 5.25. The third-order valence-electron chi connectivity index (χ3n) is 3.52. The summed E-state index contributed by atoms with van der Waals surface area (Å²) in [5.74, 6) is -0.639. The molecule has 1 aromatic rings. The van der Waals surface area contributed by atoms with Crippen LogP contribution >= 0.6 is 0 Å². The van der Waals surface area contributed by atoms with Gasteiger partial charge in [0.15, 0.2) is 5.54 Å². The van der Waals surface area contributed by atoms with E-state index in [9.17, 15) is 20.0 Å². The van der Waals surface area contributed by atoms with Crippen LogP contribution in [0.4, 0.5) is 4.79 Å². The molecule has 1 N–H and O–H groups in total. The Morgan fingerprint density at radius 2 is 1.95 bits per heavy atom. The van der Waals surface area contributed by atoms with Gasteiger partial charge in [0.25, 0.3) is 5.91 Å². The van der Waals surface area contributed by atoms with Crippen LogP contribution < -0.4 is 0 Å². The van der Waals surface area contributed by atoms with Crippen LogP contribution in [0.1, 0.15) is 36.7 Å². The fourth-order valence-corrected chi connectivity index (χ4v) is 2.63. The molecule has 2 rings (SSSR count). The Labute approximate surface area is 111 Å². The smallest absolute Gasteiger partial charge is 0.416 e. The summed E-state index contributed by atoms with van der Waals surface area (Å²) in [7, 11) is 0. The van der Waals surface area contributed by atoms with Gasteiger partial charge in [0, 0.05) is 16.5 Å². The van der Waals surface area contributed by atoms with Crippen LogP contribution in [0.5, 0.6) is 0 Å². The highest BCUT2D eigenvalue weighted by molar-refractivity contribution is 6.08. The van der Waals surface area contributed by atoms with Crippen molar-refractivity contribution < 1.29 is 14.7 Å². The van der Waals surface area contributed by atoms with Crippen molar-refractivity contribution in [3.05, 3.63) is 35.4 Å².